The number of aryl methyl sites for hydroxylation is 2. The van der Waals surface area contributed by atoms with Gasteiger partial charge < -0.3 is 5.32 Å². The molecule has 2 aromatic rings. The molecule has 0 spiro atoms. The molecule has 0 aliphatic heterocycles. The van der Waals surface area contributed by atoms with E-state index in [1.54, 1.807) is 12.1 Å². The van der Waals surface area contributed by atoms with E-state index in [9.17, 15) is 4.39 Å². The Morgan fingerprint density at radius 1 is 1.24 bits per heavy atom. The monoisotopic (exact) mass is 286 g/mol. The minimum atomic E-state index is -0.185. The third-order valence-electron chi connectivity index (χ3n) is 3.56. The number of aromatic nitrogens is 1. The fourth-order valence-corrected chi connectivity index (χ4v) is 2.57. The van der Waals surface area contributed by atoms with Gasteiger partial charge >= 0.3 is 0 Å². The highest BCUT2D eigenvalue weighted by molar-refractivity contribution is 5.28. The molecule has 0 aliphatic rings. The van der Waals surface area contributed by atoms with Crippen LogP contribution in [-0.2, 0) is 6.42 Å². The second kappa shape index (κ2) is 7.32. The van der Waals surface area contributed by atoms with Crippen LogP contribution < -0.4 is 5.32 Å². The van der Waals surface area contributed by atoms with E-state index >= 15 is 0 Å². The van der Waals surface area contributed by atoms with Gasteiger partial charge in [-0.05, 0) is 62.1 Å². The third-order valence-corrected chi connectivity index (χ3v) is 3.56. The maximum absolute atomic E-state index is 13.4. The summed E-state index contributed by atoms with van der Waals surface area (Å²) in [5.41, 5.74) is 4.39. The summed E-state index contributed by atoms with van der Waals surface area (Å²) in [4.78, 5) is 4.59. The minimum Gasteiger partial charge on any atom is -0.308 e. The molecule has 1 unspecified atom stereocenters. The van der Waals surface area contributed by atoms with Gasteiger partial charge in [0.25, 0.3) is 0 Å². The molecule has 21 heavy (non-hydrogen) atoms. The SMILES string of the molecule is CCCNC(Cc1cccc(F)c1)c1ncc(C)cc1C. The molecule has 0 fully saturated rings. The Labute approximate surface area is 126 Å². The summed E-state index contributed by atoms with van der Waals surface area (Å²) in [6.45, 7) is 7.20. The van der Waals surface area contributed by atoms with Gasteiger partial charge in [0.2, 0.25) is 0 Å². The smallest absolute Gasteiger partial charge is 0.123 e. The van der Waals surface area contributed by atoms with Gasteiger partial charge in [-0.25, -0.2) is 4.39 Å². The van der Waals surface area contributed by atoms with Gasteiger partial charge in [0.1, 0.15) is 5.82 Å². The van der Waals surface area contributed by atoms with Crippen LogP contribution in [0.4, 0.5) is 4.39 Å². The second-order valence-corrected chi connectivity index (χ2v) is 5.56. The van der Waals surface area contributed by atoms with Crippen LogP contribution in [0.25, 0.3) is 0 Å². The maximum Gasteiger partial charge on any atom is 0.123 e. The zero-order chi connectivity index (χ0) is 15.2. The number of rotatable bonds is 6. The highest BCUT2D eigenvalue weighted by Gasteiger charge is 2.15. The number of pyridine rings is 1. The van der Waals surface area contributed by atoms with Crippen molar-refractivity contribution in [2.45, 2.75) is 39.7 Å². The summed E-state index contributed by atoms with van der Waals surface area (Å²) in [6.07, 6.45) is 3.70. The normalized spacial score (nSPS) is 12.4. The van der Waals surface area contributed by atoms with Gasteiger partial charge in [0.15, 0.2) is 0 Å². The van der Waals surface area contributed by atoms with Crippen LogP contribution in [0, 0.1) is 19.7 Å². The summed E-state index contributed by atoms with van der Waals surface area (Å²) in [6, 6.07) is 9.07. The first kappa shape index (κ1) is 15.6. The molecule has 3 heteroatoms. The van der Waals surface area contributed by atoms with E-state index in [1.807, 2.05) is 19.2 Å². The van der Waals surface area contributed by atoms with E-state index in [-0.39, 0.29) is 11.9 Å². The van der Waals surface area contributed by atoms with Crippen LogP contribution in [0.3, 0.4) is 0 Å². The molecule has 0 aliphatic carbocycles. The number of halogens is 1. The molecule has 2 nitrogen and oxygen atoms in total. The molecular weight excluding hydrogens is 263 g/mol. The predicted octanol–water partition coefficient (Wildman–Crippen LogP) is 4.12. The number of nitrogens with one attached hydrogen (secondary N) is 1. The number of hydrogen-bond acceptors (Lipinski definition) is 2. The molecule has 0 saturated carbocycles. The average molecular weight is 286 g/mol. The Balaban J connectivity index is 2.25. The predicted molar refractivity (Wildman–Crippen MR) is 84.8 cm³/mol. The molecule has 1 heterocycles. The molecule has 1 N–H and O–H groups in total. The molecular formula is C18H23FN2. The van der Waals surface area contributed by atoms with E-state index in [1.165, 1.54) is 11.6 Å². The van der Waals surface area contributed by atoms with Crippen molar-refractivity contribution >= 4 is 0 Å². The lowest BCUT2D eigenvalue weighted by molar-refractivity contribution is 0.513. The van der Waals surface area contributed by atoms with E-state index in [0.717, 1.165) is 36.2 Å². The van der Waals surface area contributed by atoms with Gasteiger partial charge in [-0.15, -0.1) is 0 Å². The summed E-state index contributed by atoms with van der Waals surface area (Å²) in [7, 11) is 0. The Hall–Kier alpha value is -1.74. The number of nitrogens with zero attached hydrogens (tertiary/aromatic N) is 1. The topological polar surface area (TPSA) is 24.9 Å². The Morgan fingerprint density at radius 2 is 2.05 bits per heavy atom. The molecule has 0 bridgehead atoms. The van der Waals surface area contributed by atoms with Gasteiger partial charge in [-0.1, -0.05) is 25.1 Å². The first-order valence-corrected chi connectivity index (χ1v) is 7.51. The van der Waals surface area contributed by atoms with Crippen molar-refractivity contribution in [3.05, 3.63) is 64.7 Å². The van der Waals surface area contributed by atoms with Gasteiger partial charge in [0.05, 0.1) is 11.7 Å². The fourth-order valence-electron chi connectivity index (χ4n) is 2.57. The molecule has 112 valence electrons. The highest BCUT2D eigenvalue weighted by atomic mass is 19.1. The Kier molecular flexibility index (Phi) is 5.45. The molecule has 0 radical (unpaired) electrons. The lowest BCUT2D eigenvalue weighted by Crippen LogP contribution is -2.25. The number of hydrogen-bond donors (Lipinski definition) is 1. The minimum absolute atomic E-state index is 0.118. The van der Waals surface area contributed by atoms with Crippen molar-refractivity contribution in [1.29, 1.82) is 0 Å². The van der Waals surface area contributed by atoms with Crippen LogP contribution in [0.15, 0.2) is 36.5 Å². The van der Waals surface area contributed by atoms with Crippen molar-refractivity contribution in [2.75, 3.05) is 6.54 Å². The molecule has 1 aromatic carbocycles. The van der Waals surface area contributed by atoms with Crippen LogP contribution in [-0.4, -0.2) is 11.5 Å². The van der Waals surface area contributed by atoms with Crippen LogP contribution in [0.1, 0.15) is 41.8 Å². The van der Waals surface area contributed by atoms with Crippen LogP contribution in [0.2, 0.25) is 0 Å². The zero-order valence-electron chi connectivity index (χ0n) is 13.0. The highest BCUT2D eigenvalue weighted by Crippen LogP contribution is 2.21. The standard InChI is InChI=1S/C18H23FN2/c1-4-8-20-17(11-15-6-5-7-16(19)10-15)18-14(3)9-13(2)12-21-18/h5-7,9-10,12,17,20H,4,8,11H2,1-3H3. The van der Waals surface area contributed by atoms with E-state index in [2.05, 4.69) is 30.2 Å². The van der Waals surface area contributed by atoms with Crippen molar-refractivity contribution in [3.63, 3.8) is 0 Å². The quantitative estimate of drug-likeness (QED) is 0.864. The van der Waals surface area contributed by atoms with Gasteiger partial charge in [0, 0.05) is 6.20 Å². The van der Waals surface area contributed by atoms with Crippen LogP contribution in [0.5, 0.6) is 0 Å². The van der Waals surface area contributed by atoms with Crippen molar-refractivity contribution in [3.8, 4) is 0 Å². The van der Waals surface area contributed by atoms with Crippen molar-refractivity contribution in [2.24, 2.45) is 0 Å². The maximum atomic E-state index is 13.4. The summed E-state index contributed by atoms with van der Waals surface area (Å²) >= 11 is 0. The molecule has 1 atom stereocenters. The van der Waals surface area contributed by atoms with Gasteiger partial charge in [-0.2, -0.15) is 0 Å². The average Bonchev–Trinajstić information content (AvgIpc) is 2.44. The van der Waals surface area contributed by atoms with Gasteiger partial charge in [-0.3, -0.25) is 4.98 Å². The first-order valence-electron chi connectivity index (χ1n) is 7.51. The Morgan fingerprint density at radius 3 is 2.71 bits per heavy atom. The summed E-state index contributed by atoms with van der Waals surface area (Å²) in [5, 5.41) is 3.53. The third kappa shape index (κ3) is 4.36. The largest absolute Gasteiger partial charge is 0.308 e. The number of benzene rings is 1. The molecule has 1 aromatic heterocycles. The lowest BCUT2D eigenvalue weighted by Gasteiger charge is -2.20. The van der Waals surface area contributed by atoms with E-state index in [4.69, 9.17) is 0 Å². The molecule has 0 saturated heterocycles. The molecule has 0 amide bonds. The second-order valence-electron chi connectivity index (χ2n) is 5.56. The zero-order valence-corrected chi connectivity index (χ0v) is 13.0. The first-order chi connectivity index (χ1) is 10.1. The fraction of sp³-hybridized carbons (Fsp3) is 0.389. The Bertz CT molecular complexity index is 596. The van der Waals surface area contributed by atoms with E-state index < -0.39 is 0 Å². The van der Waals surface area contributed by atoms with E-state index in [0.29, 0.717) is 0 Å². The lowest BCUT2D eigenvalue weighted by atomic mass is 9.99. The molecule has 2 rings (SSSR count). The van der Waals surface area contributed by atoms with Crippen molar-refractivity contribution in [1.82, 2.24) is 10.3 Å². The summed E-state index contributed by atoms with van der Waals surface area (Å²) in [5.74, 6) is -0.185. The van der Waals surface area contributed by atoms with Crippen LogP contribution >= 0.6 is 0 Å². The van der Waals surface area contributed by atoms with Crippen molar-refractivity contribution < 1.29 is 4.39 Å². The summed E-state index contributed by atoms with van der Waals surface area (Å²) < 4.78 is 13.4.